The van der Waals surface area contributed by atoms with Crippen LogP contribution in [0.25, 0.3) is 0 Å². The fraction of sp³-hybridized carbons (Fsp3) is 0.520. The molecule has 0 spiro atoms. The molecule has 7 nitrogen and oxygen atoms in total. The lowest BCUT2D eigenvalue weighted by atomic mass is 9.75. The molecule has 2 aliphatic rings. The second-order valence-corrected chi connectivity index (χ2v) is 11.8. The van der Waals surface area contributed by atoms with Gasteiger partial charge in [0.25, 0.3) is 0 Å². The van der Waals surface area contributed by atoms with E-state index in [4.69, 9.17) is 4.74 Å². The molecule has 0 amide bonds. The number of fused-ring (bicyclic) bond motifs is 1. The lowest BCUT2D eigenvalue weighted by Gasteiger charge is -2.30. The molecule has 33 heavy (non-hydrogen) atoms. The number of ether oxygens (including phenoxy) is 1. The average molecular weight is 473 g/mol. The Morgan fingerprint density at radius 1 is 1.12 bits per heavy atom. The second kappa shape index (κ2) is 8.81. The minimum atomic E-state index is -3.68. The number of carbonyl (C=O) groups excluding carboxylic acids is 2. The standard InChI is InChI=1S/C25H32N2O5S/c1-17(28)16-27-18(2)20(24-21(27)14-25(3,4)15-22(24)29)13-19-7-5-6-8-23(19)33(30,31)26-9-11-32-12-10-26/h5-8H,9-16H2,1-4H3. The molecule has 0 saturated carbocycles. The van der Waals surface area contributed by atoms with Crippen LogP contribution in [0.1, 0.15) is 60.1 Å². The maximum absolute atomic E-state index is 13.4. The van der Waals surface area contributed by atoms with Crippen LogP contribution in [0.2, 0.25) is 0 Å². The van der Waals surface area contributed by atoms with Crippen molar-refractivity contribution in [3.63, 3.8) is 0 Å². The predicted molar refractivity (Wildman–Crippen MR) is 125 cm³/mol. The topological polar surface area (TPSA) is 85.7 Å². The first-order chi connectivity index (χ1) is 15.5. The third-order valence-electron chi connectivity index (χ3n) is 6.63. The smallest absolute Gasteiger partial charge is 0.243 e. The van der Waals surface area contributed by atoms with Crippen molar-refractivity contribution in [1.82, 2.24) is 8.87 Å². The van der Waals surface area contributed by atoms with Crippen LogP contribution in [-0.4, -0.2) is 55.2 Å². The predicted octanol–water partition coefficient (Wildman–Crippen LogP) is 3.15. The zero-order valence-electron chi connectivity index (χ0n) is 19.8. The number of morpholine rings is 1. The lowest BCUT2D eigenvalue weighted by Crippen LogP contribution is -2.40. The van der Waals surface area contributed by atoms with Gasteiger partial charge in [-0.1, -0.05) is 32.0 Å². The molecule has 0 radical (unpaired) electrons. The van der Waals surface area contributed by atoms with Crippen LogP contribution in [0, 0.1) is 12.3 Å². The third kappa shape index (κ3) is 4.56. The molecule has 2 aromatic rings. The summed E-state index contributed by atoms with van der Waals surface area (Å²) >= 11 is 0. The molecule has 2 heterocycles. The van der Waals surface area contributed by atoms with Gasteiger partial charge in [-0.3, -0.25) is 9.59 Å². The van der Waals surface area contributed by atoms with Crippen molar-refractivity contribution < 1.29 is 22.7 Å². The summed E-state index contributed by atoms with van der Waals surface area (Å²) in [6.07, 6.45) is 1.46. The molecule has 8 heteroatoms. The molecule has 0 atom stereocenters. The number of benzene rings is 1. The van der Waals surface area contributed by atoms with Crippen LogP contribution in [0.5, 0.6) is 0 Å². The number of rotatable bonds is 6. The summed E-state index contributed by atoms with van der Waals surface area (Å²) in [6, 6.07) is 7.01. The van der Waals surface area contributed by atoms with Crippen molar-refractivity contribution in [2.75, 3.05) is 26.3 Å². The Labute approximate surface area is 195 Å². The van der Waals surface area contributed by atoms with Gasteiger partial charge in [0.15, 0.2) is 5.78 Å². The highest BCUT2D eigenvalue weighted by molar-refractivity contribution is 7.89. The Morgan fingerprint density at radius 3 is 2.45 bits per heavy atom. The highest BCUT2D eigenvalue weighted by Crippen LogP contribution is 2.40. The Kier molecular flexibility index (Phi) is 6.37. The number of nitrogens with zero attached hydrogens (tertiary/aromatic N) is 2. The van der Waals surface area contributed by atoms with Crippen molar-refractivity contribution in [3.8, 4) is 0 Å². The van der Waals surface area contributed by atoms with Crippen molar-refractivity contribution in [3.05, 3.63) is 52.3 Å². The van der Waals surface area contributed by atoms with Gasteiger partial charge in [0.2, 0.25) is 10.0 Å². The molecule has 1 aliphatic carbocycles. The summed E-state index contributed by atoms with van der Waals surface area (Å²) in [5.74, 6) is 0.0868. The van der Waals surface area contributed by atoms with Gasteiger partial charge < -0.3 is 9.30 Å². The SMILES string of the molecule is CC(=O)Cn1c(C)c(Cc2ccccc2S(=O)(=O)N2CCOCC2)c2c1CC(C)(C)CC2=O. The fourth-order valence-corrected chi connectivity index (χ4v) is 6.71. The number of sulfonamides is 1. The molecular formula is C25H32N2O5S. The van der Waals surface area contributed by atoms with Gasteiger partial charge in [-0.25, -0.2) is 8.42 Å². The van der Waals surface area contributed by atoms with E-state index >= 15 is 0 Å². The number of aromatic nitrogens is 1. The monoisotopic (exact) mass is 472 g/mol. The van der Waals surface area contributed by atoms with Crippen molar-refractivity contribution in [2.45, 2.75) is 58.4 Å². The van der Waals surface area contributed by atoms with Crippen molar-refractivity contribution in [1.29, 1.82) is 0 Å². The fourth-order valence-electron chi connectivity index (χ4n) is 5.08. The van der Waals surface area contributed by atoms with E-state index < -0.39 is 10.0 Å². The maximum atomic E-state index is 13.4. The summed E-state index contributed by atoms with van der Waals surface area (Å²) in [6.45, 7) is 9.24. The maximum Gasteiger partial charge on any atom is 0.243 e. The van der Waals surface area contributed by atoms with E-state index in [1.165, 1.54) is 4.31 Å². The van der Waals surface area contributed by atoms with Gasteiger partial charge in [0.05, 0.1) is 24.7 Å². The summed E-state index contributed by atoms with van der Waals surface area (Å²) in [5.41, 5.74) is 3.74. The molecule has 178 valence electrons. The molecule has 1 fully saturated rings. The average Bonchev–Trinajstić information content (AvgIpc) is 2.99. The molecule has 1 aliphatic heterocycles. The number of hydrogen-bond donors (Lipinski definition) is 0. The molecule has 4 rings (SSSR count). The van der Waals surface area contributed by atoms with E-state index in [2.05, 4.69) is 13.8 Å². The Balaban J connectivity index is 1.81. The largest absolute Gasteiger partial charge is 0.379 e. The lowest BCUT2D eigenvalue weighted by molar-refractivity contribution is -0.117. The molecule has 1 aromatic carbocycles. The third-order valence-corrected chi connectivity index (χ3v) is 8.63. The molecule has 0 unspecified atom stereocenters. The highest BCUT2D eigenvalue weighted by Gasteiger charge is 2.37. The van der Waals surface area contributed by atoms with E-state index in [1.807, 2.05) is 23.6 Å². The van der Waals surface area contributed by atoms with Crippen LogP contribution in [0.15, 0.2) is 29.2 Å². The Hall–Kier alpha value is -2.29. The highest BCUT2D eigenvalue weighted by atomic mass is 32.2. The van der Waals surface area contributed by atoms with Gasteiger partial charge in [0, 0.05) is 42.9 Å². The zero-order chi connectivity index (χ0) is 24.0. The van der Waals surface area contributed by atoms with Gasteiger partial charge in [-0.2, -0.15) is 4.31 Å². The Bertz CT molecular complexity index is 1200. The van der Waals surface area contributed by atoms with E-state index in [0.717, 1.165) is 17.0 Å². The minimum Gasteiger partial charge on any atom is -0.379 e. The van der Waals surface area contributed by atoms with Gasteiger partial charge >= 0.3 is 0 Å². The number of Topliss-reactive ketones (excluding diaryl/α,β-unsaturated/α-hetero) is 2. The summed E-state index contributed by atoms with van der Waals surface area (Å²) in [7, 11) is -3.68. The van der Waals surface area contributed by atoms with Gasteiger partial charge in [0.1, 0.15) is 5.78 Å². The summed E-state index contributed by atoms with van der Waals surface area (Å²) in [5, 5.41) is 0. The second-order valence-electron chi connectivity index (χ2n) is 9.92. The zero-order valence-corrected chi connectivity index (χ0v) is 20.6. The van der Waals surface area contributed by atoms with E-state index in [9.17, 15) is 18.0 Å². The molecule has 1 aromatic heterocycles. The van der Waals surface area contributed by atoms with Crippen LogP contribution < -0.4 is 0 Å². The van der Waals surface area contributed by atoms with Gasteiger partial charge in [-0.05, 0) is 42.9 Å². The number of carbonyl (C=O) groups is 2. The molecule has 0 N–H and O–H groups in total. The quantitative estimate of drug-likeness (QED) is 0.645. The first-order valence-electron chi connectivity index (χ1n) is 11.4. The van der Waals surface area contributed by atoms with Crippen molar-refractivity contribution in [2.24, 2.45) is 5.41 Å². The molecule has 0 bridgehead atoms. The van der Waals surface area contributed by atoms with Crippen LogP contribution in [0.3, 0.4) is 0 Å². The van der Waals surface area contributed by atoms with Crippen LogP contribution >= 0.6 is 0 Å². The minimum absolute atomic E-state index is 0.0218. The first kappa shape index (κ1) is 23.9. The normalized spacial score (nSPS) is 18.8. The van der Waals surface area contributed by atoms with E-state index in [0.29, 0.717) is 56.7 Å². The van der Waals surface area contributed by atoms with Crippen LogP contribution in [0.4, 0.5) is 0 Å². The molecule has 1 saturated heterocycles. The van der Waals surface area contributed by atoms with Gasteiger partial charge in [-0.15, -0.1) is 0 Å². The molecular weight excluding hydrogens is 440 g/mol. The number of ketones is 2. The van der Waals surface area contributed by atoms with E-state index in [-0.39, 0.29) is 28.4 Å². The van der Waals surface area contributed by atoms with Crippen molar-refractivity contribution >= 4 is 21.6 Å². The summed E-state index contributed by atoms with van der Waals surface area (Å²) in [4.78, 5) is 25.5. The van der Waals surface area contributed by atoms with E-state index in [1.54, 1.807) is 19.1 Å². The number of hydrogen-bond acceptors (Lipinski definition) is 5. The Morgan fingerprint density at radius 2 is 1.79 bits per heavy atom. The first-order valence-corrected chi connectivity index (χ1v) is 12.8. The summed E-state index contributed by atoms with van der Waals surface area (Å²) < 4.78 is 35.6. The van der Waals surface area contributed by atoms with Crippen LogP contribution in [-0.2, 0) is 38.9 Å².